The number of nitrogens with zero attached hydrogens (tertiary/aromatic N) is 2. The first-order valence-corrected chi connectivity index (χ1v) is 3.59. The lowest BCUT2D eigenvalue weighted by molar-refractivity contribution is -0.0529. The van der Waals surface area contributed by atoms with Crippen molar-refractivity contribution in [3.63, 3.8) is 0 Å². The SMILES string of the molecule is N#CCc1cc(OC(F)F)ncc1F. The lowest BCUT2D eigenvalue weighted by Crippen LogP contribution is -2.04. The van der Waals surface area contributed by atoms with Crippen molar-refractivity contribution in [1.29, 1.82) is 5.26 Å². The maximum Gasteiger partial charge on any atom is 0.388 e. The maximum atomic E-state index is 12.8. The van der Waals surface area contributed by atoms with Gasteiger partial charge in [0.25, 0.3) is 0 Å². The summed E-state index contributed by atoms with van der Waals surface area (Å²) in [5.74, 6) is -1.11. The topological polar surface area (TPSA) is 45.9 Å². The number of hydrogen-bond acceptors (Lipinski definition) is 3. The zero-order valence-corrected chi connectivity index (χ0v) is 6.88. The van der Waals surface area contributed by atoms with Gasteiger partial charge in [0.05, 0.1) is 18.7 Å². The average molecular weight is 202 g/mol. The molecular formula is C8H5F3N2O. The van der Waals surface area contributed by atoms with Gasteiger partial charge in [0.15, 0.2) is 0 Å². The Kier molecular flexibility index (Phi) is 3.29. The highest BCUT2D eigenvalue weighted by Crippen LogP contribution is 2.15. The van der Waals surface area contributed by atoms with Crippen LogP contribution >= 0.6 is 0 Å². The fourth-order valence-corrected chi connectivity index (χ4v) is 0.835. The monoisotopic (exact) mass is 202 g/mol. The molecule has 0 saturated heterocycles. The van der Waals surface area contributed by atoms with Crippen LogP contribution < -0.4 is 4.74 Å². The van der Waals surface area contributed by atoms with Gasteiger partial charge in [-0.05, 0) is 0 Å². The molecular weight excluding hydrogens is 197 g/mol. The molecule has 0 fully saturated rings. The van der Waals surface area contributed by atoms with Gasteiger partial charge in [0.1, 0.15) is 5.82 Å². The van der Waals surface area contributed by atoms with E-state index < -0.39 is 18.3 Å². The summed E-state index contributed by atoms with van der Waals surface area (Å²) < 4.78 is 40.2. The lowest BCUT2D eigenvalue weighted by Gasteiger charge is -2.04. The third-order valence-corrected chi connectivity index (χ3v) is 1.39. The number of halogens is 3. The van der Waals surface area contributed by atoms with Crippen molar-refractivity contribution in [2.75, 3.05) is 0 Å². The third-order valence-electron chi connectivity index (χ3n) is 1.39. The van der Waals surface area contributed by atoms with E-state index in [4.69, 9.17) is 5.26 Å². The predicted molar refractivity (Wildman–Crippen MR) is 40.1 cm³/mol. The quantitative estimate of drug-likeness (QED) is 0.751. The Labute approximate surface area is 77.7 Å². The Morgan fingerprint density at radius 2 is 2.29 bits per heavy atom. The first kappa shape index (κ1) is 10.3. The minimum atomic E-state index is -3.01. The highest BCUT2D eigenvalue weighted by atomic mass is 19.3. The van der Waals surface area contributed by atoms with E-state index in [9.17, 15) is 13.2 Å². The molecule has 0 N–H and O–H groups in total. The largest absolute Gasteiger partial charge is 0.417 e. The van der Waals surface area contributed by atoms with Crippen LogP contribution in [0.2, 0.25) is 0 Å². The molecule has 0 amide bonds. The van der Waals surface area contributed by atoms with Crippen molar-refractivity contribution < 1.29 is 17.9 Å². The Bertz CT molecular complexity index is 362. The Balaban J connectivity index is 2.89. The van der Waals surface area contributed by atoms with Gasteiger partial charge in [0.2, 0.25) is 5.88 Å². The first-order valence-electron chi connectivity index (χ1n) is 3.59. The number of aromatic nitrogens is 1. The van der Waals surface area contributed by atoms with E-state index in [2.05, 4.69) is 9.72 Å². The molecule has 14 heavy (non-hydrogen) atoms. The van der Waals surface area contributed by atoms with Crippen LogP contribution in [0, 0.1) is 17.1 Å². The van der Waals surface area contributed by atoms with Crippen LogP contribution in [-0.2, 0) is 6.42 Å². The average Bonchev–Trinajstić information content (AvgIpc) is 2.10. The van der Waals surface area contributed by atoms with Crippen molar-refractivity contribution in [3.05, 3.63) is 23.6 Å². The highest BCUT2D eigenvalue weighted by Gasteiger charge is 2.09. The first-order chi connectivity index (χ1) is 6.63. The van der Waals surface area contributed by atoms with E-state index in [1.807, 2.05) is 0 Å². The Hall–Kier alpha value is -1.77. The summed E-state index contributed by atoms with van der Waals surface area (Å²) in [6.07, 6.45) is 0.526. The second kappa shape index (κ2) is 4.46. The zero-order chi connectivity index (χ0) is 10.6. The molecule has 1 heterocycles. The molecule has 0 atom stereocenters. The minimum absolute atomic E-state index is 0.0156. The van der Waals surface area contributed by atoms with Gasteiger partial charge in [0, 0.05) is 11.6 Å². The van der Waals surface area contributed by atoms with E-state index in [1.54, 1.807) is 6.07 Å². The van der Waals surface area contributed by atoms with E-state index in [0.717, 1.165) is 12.3 Å². The molecule has 0 aliphatic carbocycles. The molecule has 6 heteroatoms. The summed E-state index contributed by atoms with van der Waals surface area (Å²) in [4.78, 5) is 3.27. The van der Waals surface area contributed by atoms with Crippen LogP contribution in [0.3, 0.4) is 0 Å². The molecule has 1 rings (SSSR count). The number of nitriles is 1. The highest BCUT2D eigenvalue weighted by molar-refractivity contribution is 5.24. The molecule has 0 radical (unpaired) electrons. The zero-order valence-electron chi connectivity index (χ0n) is 6.88. The summed E-state index contributed by atoms with van der Waals surface area (Å²) >= 11 is 0. The third kappa shape index (κ3) is 2.62. The summed E-state index contributed by atoms with van der Waals surface area (Å²) in [6.45, 7) is -3.01. The van der Waals surface area contributed by atoms with Crippen molar-refractivity contribution in [2.45, 2.75) is 13.0 Å². The normalized spacial score (nSPS) is 9.93. The van der Waals surface area contributed by atoms with Gasteiger partial charge in [-0.15, -0.1) is 0 Å². The van der Waals surface area contributed by atoms with Crippen LogP contribution in [0.25, 0.3) is 0 Å². The summed E-state index contributed by atoms with van der Waals surface area (Å²) in [7, 11) is 0. The lowest BCUT2D eigenvalue weighted by atomic mass is 10.2. The molecule has 0 bridgehead atoms. The van der Waals surface area contributed by atoms with Gasteiger partial charge >= 0.3 is 6.61 Å². The maximum absolute atomic E-state index is 12.8. The van der Waals surface area contributed by atoms with Gasteiger partial charge in [-0.25, -0.2) is 9.37 Å². The molecule has 0 aliphatic heterocycles. The standard InChI is InChI=1S/C8H5F3N2O/c9-6-4-13-7(14-8(10)11)3-5(6)1-2-12/h3-4,8H,1H2. The van der Waals surface area contributed by atoms with Crippen molar-refractivity contribution in [3.8, 4) is 11.9 Å². The van der Waals surface area contributed by atoms with Gasteiger partial charge in [-0.3, -0.25) is 0 Å². The Morgan fingerprint density at radius 1 is 1.57 bits per heavy atom. The number of alkyl halides is 2. The van der Waals surface area contributed by atoms with Crippen LogP contribution in [0.5, 0.6) is 5.88 Å². The van der Waals surface area contributed by atoms with Crippen LogP contribution in [0.1, 0.15) is 5.56 Å². The Morgan fingerprint density at radius 3 is 2.86 bits per heavy atom. The second-order valence-corrected chi connectivity index (χ2v) is 2.33. The van der Waals surface area contributed by atoms with E-state index in [1.165, 1.54) is 0 Å². The fraction of sp³-hybridized carbons (Fsp3) is 0.250. The molecule has 0 saturated carbocycles. The van der Waals surface area contributed by atoms with E-state index >= 15 is 0 Å². The summed E-state index contributed by atoms with van der Waals surface area (Å²) in [5.41, 5.74) is -0.0156. The molecule has 0 spiro atoms. The molecule has 1 aromatic heterocycles. The number of hydrogen-bond donors (Lipinski definition) is 0. The summed E-state index contributed by atoms with van der Waals surface area (Å²) in [6, 6.07) is 2.67. The smallest absolute Gasteiger partial charge is 0.388 e. The van der Waals surface area contributed by atoms with E-state index in [0.29, 0.717) is 0 Å². The number of ether oxygens (including phenoxy) is 1. The fourth-order valence-electron chi connectivity index (χ4n) is 0.835. The van der Waals surface area contributed by atoms with E-state index in [-0.39, 0.29) is 12.0 Å². The minimum Gasteiger partial charge on any atom is -0.417 e. The molecule has 0 unspecified atom stereocenters. The van der Waals surface area contributed by atoms with Crippen LogP contribution in [0.15, 0.2) is 12.3 Å². The molecule has 1 aromatic rings. The molecule has 74 valence electrons. The van der Waals surface area contributed by atoms with Crippen molar-refractivity contribution in [1.82, 2.24) is 4.98 Å². The van der Waals surface area contributed by atoms with Gasteiger partial charge in [-0.2, -0.15) is 14.0 Å². The molecule has 3 nitrogen and oxygen atoms in total. The molecule has 0 aliphatic rings. The van der Waals surface area contributed by atoms with Crippen molar-refractivity contribution >= 4 is 0 Å². The van der Waals surface area contributed by atoms with Crippen LogP contribution in [0.4, 0.5) is 13.2 Å². The predicted octanol–water partition coefficient (Wildman–Crippen LogP) is 1.89. The number of rotatable bonds is 3. The van der Waals surface area contributed by atoms with Gasteiger partial charge < -0.3 is 4.74 Å². The summed E-state index contributed by atoms with van der Waals surface area (Å²) in [5, 5.41) is 8.29. The second-order valence-electron chi connectivity index (χ2n) is 2.33. The van der Waals surface area contributed by atoms with Gasteiger partial charge in [-0.1, -0.05) is 0 Å². The number of pyridine rings is 1. The van der Waals surface area contributed by atoms with Crippen molar-refractivity contribution in [2.24, 2.45) is 0 Å². The van der Waals surface area contributed by atoms with Crippen LogP contribution in [-0.4, -0.2) is 11.6 Å². The molecule has 0 aromatic carbocycles.